The van der Waals surface area contributed by atoms with Gasteiger partial charge in [0.1, 0.15) is 5.56 Å². The van der Waals surface area contributed by atoms with Crippen molar-refractivity contribution in [1.29, 1.82) is 0 Å². The Kier molecular flexibility index (Phi) is 2.50. The Morgan fingerprint density at radius 1 is 1.23 bits per heavy atom. The van der Waals surface area contributed by atoms with Gasteiger partial charge in [-0.25, -0.2) is 4.79 Å². The standard InChI is InChI=1S/C7H5IO5/c8-2-1-3(9)5(10)6(11)4(2)7(12)13/h1,9-11H,(H,12,13). The first-order valence-corrected chi connectivity index (χ1v) is 4.19. The maximum atomic E-state index is 10.5. The first-order valence-electron chi connectivity index (χ1n) is 3.11. The number of aromatic hydroxyl groups is 3. The number of carbonyl (C=O) groups is 1. The summed E-state index contributed by atoms with van der Waals surface area (Å²) in [6.45, 7) is 0. The van der Waals surface area contributed by atoms with E-state index in [2.05, 4.69) is 0 Å². The summed E-state index contributed by atoms with van der Waals surface area (Å²) in [6, 6.07) is 1.05. The highest BCUT2D eigenvalue weighted by atomic mass is 127. The summed E-state index contributed by atoms with van der Waals surface area (Å²) >= 11 is 1.63. The van der Waals surface area contributed by atoms with Crippen LogP contribution in [0.3, 0.4) is 0 Å². The second kappa shape index (κ2) is 3.29. The third-order valence-corrected chi connectivity index (χ3v) is 2.27. The molecule has 0 amide bonds. The van der Waals surface area contributed by atoms with E-state index in [1.54, 1.807) is 22.6 Å². The number of phenolic OH excluding ortho intramolecular Hbond substituents is 2. The van der Waals surface area contributed by atoms with Crippen LogP contribution < -0.4 is 0 Å². The predicted molar refractivity (Wildman–Crippen MR) is 51.1 cm³/mol. The molecule has 0 saturated carbocycles. The van der Waals surface area contributed by atoms with Gasteiger partial charge in [0.25, 0.3) is 0 Å². The van der Waals surface area contributed by atoms with Crippen LogP contribution in [0, 0.1) is 3.57 Å². The Hall–Kier alpha value is -1.18. The predicted octanol–water partition coefficient (Wildman–Crippen LogP) is 1.11. The molecule has 0 fully saturated rings. The summed E-state index contributed by atoms with van der Waals surface area (Å²) in [5, 5.41) is 35.7. The van der Waals surface area contributed by atoms with Gasteiger partial charge in [-0.3, -0.25) is 0 Å². The molecule has 0 bridgehead atoms. The van der Waals surface area contributed by atoms with Gasteiger partial charge in [0, 0.05) is 3.57 Å². The van der Waals surface area contributed by atoms with E-state index >= 15 is 0 Å². The molecule has 0 aliphatic carbocycles. The van der Waals surface area contributed by atoms with Crippen molar-refractivity contribution in [3.63, 3.8) is 0 Å². The highest BCUT2D eigenvalue weighted by Gasteiger charge is 2.20. The maximum Gasteiger partial charge on any atom is 0.340 e. The lowest BCUT2D eigenvalue weighted by atomic mass is 10.2. The SMILES string of the molecule is O=C(O)c1c(I)cc(O)c(O)c1O. The van der Waals surface area contributed by atoms with Crippen molar-refractivity contribution in [2.75, 3.05) is 0 Å². The number of phenols is 3. The molecule has 0 aromatic heterocycles. The molecular formula is C7H5IO5. The lowest BCUT2D eigenvalue weighted by molar-refractivity contribution is 0.0691. The molecular weight excluding hydrogens is 291 g/mol. The fraction of sp³-hybridized carbons (Fsp3) is 0. The number of aromatic carboxylic acids is 1. The van der Waals surface area contributed by atoms with Crippen LogP contribution >= 0.6 is 22.6 Å². The van der Waals surface area contributed by atoms with Crippen LogP contribution in [0.25, 0.3) is 0 Å². The number of hydrogen-bond acceptors (Lipinski definition) is 4. The molecule has 0 radical (unpaired) electrons. The normalized spacial score (nSPS) is 9.92. The number of carboxylic acid groups (broad SMARTS) is 1. The number of benzene rings is 1. The topological polar surface area (TPSA) is 98.0 Å². The summed E-state index contributed by atoms with van der Waals surface area (Å²) in [5.74, 6) is -3.56. The molecule has 0 saturated heterocycles. The highest BCUT2D eigenvalue weighted by Crippen LogP contribution is 2.39. The summed E-state index contributed by atoms with van der Waals surface area (Å²) in [7, 11) is 0. The van der Waals surface area contributed by atoms with Crippen molar-refractivity contribution in [2.24, 2.45) is 0 Å². The summed E-state index contributed by atoms with van der Waals surface area (Å²) in [4.78, 5) is 10.5. The van der Waals surface area contributed by atoms with E-state index in [0.29, 0.717) is 0 Å². The molecule has 1 rings (SSSR count). The Labute approximate surface area is 86.4 Å². The van der Waals surface area contributed by atoms with Gasteiger partial charge in [-0.05, 0) is 28.7 Å². The first kappa shape index (κ1) is 9.90. The van der Waals surface area contributed by atoms with Crippen molar-refractivity contribution in [1.82, 2.24) is 0 Å². The average molecular weight is 296 g/mol. The molecule has 5 nitrogen and oxygen atoms in total. The van der Waals surface area contributed by atoms with Crippen LogP contribution in [-0.2, 0) is 0 Å². The van der Waals surface area contributed by atoms with Gasteiger partial charge < -0.3 is 20.4 Å². The van der Waals surface area contributed by atoms with Crippen molar-refractivity contribution in [2.45, 2.75) is 0 Å². The van der Waals surface area contributed by atoms with Crippen molar-refractivity contribution in [3.8, 4) is 17.2 Å². The van der Waals surface area contributed by atoms with Gasteiger partial charge in [-0.15, -0.1) is 0 Å². The summed E-state index contributed by atoms with van der Waals surface area (Å²) in [6.07, 6.45) is 0. The van der Waals surface area contributed by atoms with Crippen LogP contribution in [0.15, 0.2) is 6.07 Å². The molecule has 0 heterocycles. The van der Waals surface area contributed by atoms with Crippen molar-refractivity contribution in [3.05, 3.63) is 15.2 Å². The molecule has 70 valence electrons. The molecule has 6 heteroatoms. The zero-order valence-corrected chi connectivity index (χ0v) is 8.31. The van der Waals surface area contributed by atoms with Crippen molar-refractivity contribution >= 4 is 28.6 Å². The molecule has 13 heavy (non-hydrogen) atoms. The fourth-order valence-electron chi connectivity index (χ4n) is 0.817. The molecule has 1 aromatic carbocycles. The van der Waals surface area contributed by atoms with E-state index in [9.17, 15) is 4.79 Å². The smallest absolute Gasteiger partial charge is 0.340 e. The molecule has 0 spiro atoms. The van der Waals surface area contributed by atoms with Gasteiger partial charge in [-0.1, -0.05) is 0 Å². The van der Waals surface area contributed by atoms with Gasteiger partial charge >= 0.3 is 5.97 Å². The Morgan fingerprint density at radius 3 is 2.23 bits per heavy atom. The molecule has 0 atom stereocenters. The number of hydrogen-bond donors (Lipinski definition) is 4. The lowest BCUT2D eigenvalue weighted by Crippen LogP contribution is -2.00. The first-order chi connectivity index (χ1) is 5.95. The molecule has 4 N–H and O–H groups in total. The quantitative estimate of drug-likeness (QED) is 0.459. The third kappa shape index (κ3) is 1.62. The third-order valence-electron chi connectivity index (χ3n) is 1.42. The zero-order valence-electron chi connectivity index (χ0n) is 6.15. The van der Waals surface area contributed by atoms with Gasteiger partial charge in [0.2, 0.25) is 5.75 Å². The Bertz CT molecular complexity index is 374. The number of rotatable bonds is 1. The van der Waals surface area contributed by atoms with Crippen LogP contribution in [0.1, 0.15) is 10.4 Å². The van der Waals surface area contributed by atoms with Gasteiger partial charge in [-0.2, -0.15) is 0 Å². The average Bonchev–Trinajstić information content (AvgIpc) is 1.99. The molecule has 1 aromatic rings. The lowest BCUT2D eigenvalue weighted by Gasteiger charge is -2.05. The molecule has 0 aliphatic heterocycles. The van der Waals surface area contributed by atoms with Gasteiger partial charge in [0.05, 0.1) is 0 Å². The minimum atomic E-state index is -1.36. The fourth-order valence-corrected chi connectivity index (χ4v) is 1.60. The maximum absolute atomic E-state index is 10.5. The van der Waals surface area contributed by atoms with E-state index in [-0.39, 0.29) is 3.57 Å². The largest absolute Gasteiger partial charge is 0.504 e. The van der Waals surface area contributed by atoms with Crippen LogP contribution in [0.2, 0.25) is 0 Å². The van der Waals surface area contributed by atoms with E-state index in [1.165, 1.54) is 0 Å². The summed E-state index contributed by atoms with van der Waals surface area (Å²) < 4.78 is 0.151. The Balaban J connectivity index is 3.53. The highest BCUT2D eigenvalue weighted by molar-refractivity contribution is 14.1. The van der Waals surface area contributed by atoms with Crippen LogP contribution in [0.4, 0.5) is 0 Å². The second-order valence-electron chi connectivity index (χ2n) is 2.25. The van der Waals surface area contributed by atoms with Crippen LogP contribution in [0.5, 0.6) is 17.2 Å². The van der Waals surface area contributed by atoms with E-state index in [0.717, 1.165) is 6.07 Å². The number of halogens is 1. The summed E-state index contributed by atoms with van der Waals surface area (Å²) in [5.41, 5.74) is -0.420. The minimum Gasteiger partial charge on any atom is -0.504 e. The van der Waals surface area contributed by atoms with E-state index < -0.39 is 28.8 Å². The van der Waals surface area contributed by atoms with E-state index in [1.807, 2.05) is 0 Å². The molecule has 0 unspecified atom stereocenters. The van der Waals surface area contributed by atoms with Crippen LogP contribution in [-0.4, -0.2) is 26.4 Å². The minimum absolute atomic E-state index is 0.151. The zero-order chi connectivity index (χ0) is 10.2. The van der Waals surface area contributed by atoms with Crippen molar-refractivity contribution < 1.29 is 25.2 Å². The van der Waals surface area contributed by atoms with Gasteiger partial charge in [0.15, 0.2) is 11.5 Å². The number of carboxylic acids is 1. The van der Waals surface area contributed by atoms with E-state index in [4.69, 9.17) is 20.4 Å². The second-order valence-corrected chi connectivity index (χ2v) is 3.42. The molecule has 0 aliphatic rings. The monoisotopic (exact) mass is 296 g/mol. The Morgan fingerprint density at radius 2 is 1.77 bits per heavy atom.